The largest absolute Gasteiger partial charge is 0.494 e. The van der Waals surface area contributed by atoms with Gasteiger partial charge in [0.25, 0.3) is 0 Å². The van der Waals surface area contributed by atoms with Crippen LogP contribution in [0.15, 0.2) is 18.2 Å². The molecule has 116 valence electrons. The van der Waals surface area contributed by atoms with Gasteiger partial charge in [-0.2, -0.15) is 0 Å². The van der Waals surface area contributed by atoms with E-state index in [1.54, 1.807) is 18.2 Å². The van der Waals surface area contributed by atoms with Gasteiger partial charge >= 0.3 is 0 Å². The topological polar surface area (TPSA) is 67.8 Å². The van der Waals surface area contributed by atoms with E-state index in [1.165, 1.54) is 0 Å². The lowest BCUT2D eigenvalue weighted by Gasteiger charge is -2.12. The molecular weight excluding hydrogens is 270 g/mol. The van der Waals surface area contributed by atoms with Crippen molar-refractivity contribution in [1.82, 2.24) is 0 Å². The Bertz CT molecular complexity index is 469. The highest BCUT2D eigenvalue weighted by Crippen LogP contribution is 2.23. The maximum Gasteiger partial charge on any atom is 0.224 e. The molecule has 0 spiro atoms. The van der Waals surface area contributed by atoms with Crippen LogP contribution < -0.4 is 10.1 Å². The number of hydrogen-bond acceptors (Lipinski definition) is 4. The molecule has 1 fully saturated rings. The van der Waals surface area contributed by atoms with E-state index < -0.39 is 0 Å². The average Bonchev–Trinajstić information content (AvgIpc) is 3.00. The second kappa shape index (κ2) is 8.00. The Balaban J connectivity index is 1.87. The van der Waals surface area contributed by atoms with Crippen molar-refractivity contribution in [1.29, 1.82) is 0 Å². The van der Waals surface area contributed by atoms with Gasteiger partial charge in [0.05, 0.1) is 19.3 Å². The summed E-state index contributed by atoms with van der Waals surface area (Å²) in [6.07, 6.45) is 3.57. The van der Waals surface area contributed by atoms with Gasteiger partial charge in [-0.05, 0) is 44.4 Å². The second-order valence-electron chi connectivity index (χ2n) is 5.14. The summed E-state index contributed by atoms with van der Waals surface area (Å²) in [6.45, 7) is 3.13. The number of anilines is 1. The summed E-state index contributed by atoms with van der Waals surface area (Å²) >= 11 is 0. The molecule has 0 saturated carbocycles. The molecule has 1 aromatic carbocycles. The van der Waals surface area contributed by atoms with Gasteiger partial charge in [-0.25, -0.2) is 0 Å². The van der Waals surface area contributed by atoms with Crippen LogP contribution >= 0.6 is 0 Å². The first-order chi connectivity index (χ1) is 10.2. The number of aliphatic hydroxyl groups is 1. The molecule has 0 aromatic heterocycles. The van der Waals surface area contributed by atoms with Crippen LogP contribution in [0.4, 0.5) is 5.69 Å². The second-order valence-corrected chi connectivity index (χ2v) is 5.14. The maximum absolute atomic E-state index is 11.9. The SMILES string of the molecule is CCOc1ccc(NC(=O)CCC2CCCO2)cc1CO. The first-order valence-corrected chi connectivity index (χ1v) is 7.51. The van der Waals surface area contributed by atoms with E-state index >= 15 is 0 Å². The number of aliphatic hydroxyl groups excluding tert-OH is 1. The van der Waals surface area contributed by atoms with Gasteiger partial charge in [0.1, 0.15) is 5.75 Å². The summed E-state index contributed by atoms with van der Waals surface area (Å²) in [5.41, 5.74) is 1.36. The summed E-state index contributed by atoms with van der Waals surface area (Å²) in [7, 11) is 0. The molecule has 1 heterocycles. The van der Waals surface area contributed by atoms with E-state index in [4.69, 9.17) is 9.47 Å². The highest BCUT2D eigenvalue weighted by Gasteiger charge is 2.16. The first kappa shape index (κ1) is 15.8. The van der Waals surface area contributed by atoms with Crippen molar-refractivity contribution in [3.63, 3.8) is 0 Å². The molecule has 21 heavy (non-hydrogen) atoms. The summed E-state index contributed by atoms with van der Waals surface area (Å²) in [5, 5.41) is 12.2. The number of ether oxygens (including phenoxy) is 2. The zero-order valence-corrected chi connectivity index (χ0v) is 12.4. The van der Waals surface area contributed by atoms with Crippen molar-refractivity contribution in [3.05, 3.63) is 23.8 Å². The molecule has 0 bridgehead atoms. The fraction of sp³-hybridized carbons (Fsp3) is 0.562. The molecule has 1 aliphatic heterocycles. The van der Waals surface area contributed by atoms with Crippen LogP contribution in [-0.2, 0) is 16.1 Å². The average molecular weight is 293 g/mol. The summed E-state index contributed by atoms with van der Waals surface area (Å²) < 4.78 is 10.9. The van der Waals surface area contributed by atoms with Crippen LogP contribution in [0, 0.1) is 0 Å². The molecule has 2 rings (SSSR count). The number of nitrogens with one attached hydrogen (secondary N) is 1. The molecule has 0 radical (unpaired) electrons. The summed E-state index contributed by atoms with van der Waals surface area (Å²) in [4.78, 5) is 11.9. The van der Waals surface area contributed by atoms with Gasteiger partial charge in [0.2, 0.25) is 5.91 Å². The van der Waals surface area contributed by atoms with E-state index in [0.29, 0.717) is 30.0 Å². The predicted octanol–water partition coefficient (Wildman–Crippen LogP) is 2.48. The number of carbonyl (C=O) groups is 1. The Hall–Kier alpha value is -1.59. The van der Waals surface area contributed by atoms with Crippen LogP contribution in [0.2, 0.25) is 0 Å². The number of amides is 1. The number of hydrogen-bond donors (Lipinski definition) is 2. The molecular formula is C16H23NO4. The van der Waals surface area contributed by atoms with E-state index in [0.717, 1.165) is 25.9 Å². The minimum atomic E-state index is -0.116. The molecule has 1 aromatic rings. The number of benzene rings is 1. The zero-order valence-electron chi connectivity index (χ0n) is 12.4. The van der Waals surface area contributed by atoms with Crippen molar-refractivity contribution >= 4 is 11.6 Å². The Morgan fingerprint density at radius 1 is 1.52 bits per heavy atom. The molecule has 5 heteroatoms. The number of rotatable bonds is 7. The monoisotopic (exact) mass is 293 g/mol. The molecule has 1 unspecified atom stereocenters. The van der Waals surface area contributed by atoms with Gasteiger partial charge < -0.3 is 19.9 Å². The smallest absolute Gasteiger partial charge is 0.224 e. The Morgan fingerprint density at radius 2 is 2.38 bits per heavy atom. The van der Waals surface area contributed by atoms with E-state index in [9.17, 15) is 9.90 Å². The Morgan fingerprint density at radius 3 is 3.05 bits per heavy atom. The lowest BCUT2D eigenvalue weighted by atomic mass is 10.1. The Kier molecular flexibility index (Phi) is 6.02. The quantitative estimate of drug-likeness (QED) is 0.810. The first-order valence-electron chi connectivity index (χ1n) is 7.51. The summed E-state index contributed by atoms with van der Waals surface area (Å²) in [6, 6.07) is 5.30. The van der Waals surface area contributed by atoms with Crippen molar-refractivity contribution in [2.75, 3.05) is 18.5 Å². The van der Waals surface area contributed by atoms with Gasteiger partial charge in [-0.3, -0.25) is 4.79 Å². The van der Waals surface area contributed by atoms with Gasteiger partial charge in [-0.1, -0.05) is 0 Å². The molecule has 2 N–H and O–H groups in total. The van der Waals surface area contributed by atoms with Gasteiger partial charge in [0, 0.05) is 24.3 Å². The highest BCUT2D eigenvalue weighted by molar-refractivity contribution is 5.90. The van der Waals surface area contributed by atoms with E-state index in [1.807, 2.05) is 6.92 Å². The lowest BCUT2D eigenvalue weighted by Crippen LogP contribution is -2.15. The zero-order chi connectivity index (χ0) is 15.1. The van der Waals surface area contributed by atoms with Crippen LogP contribution in [0.25, 0.3) is 0 Å². The van der Waals surface area contributed by atoms with E-state index in [-0.39, 0.29) is 18.6 Å². The predicted molar refractivity (Wildman–Crippen MR) is 80.4 cm³/mol. The van der Waals surface area contributed by atoms with Crippen LogP contribution in [-0.4, -0.2) is 30.3 Å². The molecule has 0 aliphatic carbocycles. The molecule has 1 atom stereocenters. The van der Waals surface area contributed by atoms with Gasteiger partial charge in [-0.15, -0.1) is 0 Å². The fourth-order valence-corrected chi connectivity index (χ4v) is 2.46. The maximum atomic E-state index is 11.9. The lowest BCUT2D eigenvalue weighted by molar-refractivity contribution is -0.116. The summed E-state index contributed by atoms with van der Waals surface area (Å²) in [5.74, 6) is 0.621. The van der Waals surface area contributed by atoms with Crippen molar-refractivity contribution < 1.29 is 19.4 Å². The van der Waals surface area contributed by atoms with Crippen LogP contribution in [0.5, 0.6) is 5.75 Å². The minimum Gasteiger partial charge on any atom is -0.494 e. The number of carbonyl (C=O) groups excluding carboxylic acids is 1. The van der Waals surface area contributed by atoms with Crippen molar-refractivity contribution in [2.45, 2.75) is 45.3 Å². The Labute approximate surface area is 125 Å². The van der Waals surface area contributed by atoms with Crippen LogP contribution in [0.3, 0.4) is 0 Å². The molecule has 5 nitrogen and oxygen atoms in total. The van der Waals surface area contributed by atoms with Crippen molar-refractivity contribution in [3.8, 4) is 5.75 Å². The van der Waals surface area contributed by atoms with Crippen molar-refractivity contribution in [2.24, 2.45) is 0 Å². The van der Waals surface area contributed by atoms with Crippen LogP contribution in [0.1, 0.15) is 38.2 Å². The fourth-order valence-electron chi connectivity index (χ4n) is 2.46. The normalized spacial score (nSPS) is 17.7. The molecule has 1 aliphatic rings. The minimum absolute atomic E-state index is 0.0291. The molecule has 1 amide bonds. The highest BCUT2D eigenvalue weighted by atomic mass is 16.5. The van der Waals surface area contributed by atoms with E-state index in [2.05, 4.69) is 5.32 Å². The van der Waals surface area contributed by atoms with Gasteiger partial charge in [0.15, 0.2) is 0 Å². The third-order valence-corrected chi connectivity index (χ3v) is 3.53. The third kappa shape index (κ3) is 4.72. The third-order valence-electron chi connectivity index (χ3n) is 3.53. The molecule has 1 saturated heterocycles. The standard InChI is InChI=1S/C16H23NO4/c1-2-20-15-7-5-13(10-12(15)11-18)17-16(19)8-6-14-4-3-9-21-14/h5,7,10,14,18H,2-4,6,8-9,11H2,1H3,(H,17,19).